The van der Waals surface area contributed by atoms with Crippen LogP contribution in [0.2, 0.25) is 0 Å². The number of Topliss-reactive ketones (excluding diaryl/α,β-unsaturated/α-hetero) is 3. The Morgan fingerprint density at radius 1 is 0.695 bits per heavy atom. The number of unbranched alkanes of at least 4 members (excludes halogenated alkanes) is 2. The van der Waals surface area contributed by atoms with E-state index in [-0.39, 0.29) is 79.7 Å². The zero-order valence-electron chi connectivity index (χ0n) is 58.5. The molecule has 0 unspecified atom stereocenters. The van der Waals surface area contributed by atoms with Crippen LogP contribution in [-0.2, 0) is 88.3 Å². The summed E-state index contributed by atoms with van der Waals surface area (Å²) in [7, 11) is 0. The number of aromatic hydroxyl groups is 1. The van der Waals surface area contributed by atoms with Crippen LogP contribution in [0.5, 0.6) is 5.75 Å². The van der Waals surface area contributed by atoms with Crippen molar-refractivity contribution in [3.63, 3.8) is 0 Å². The number of carbonyl (C=O) groups excluding carboxylic acids is 11. The first kappa shape index (κ1) is 79.1. The van der Waals surface area contributed by atoms with Crippen LogP contribution in [0.15, 0.2) is 114 Å². The maximum Gasteiger partial charge on any atom is 0.305 e. The second-order valence-electron chi connectivity index (χ2n) is 27.2. The number of halogens is 2. The van der Waals surface area contributed by atoms with E-state index in [0.29, 0.717) is 88.9 Å². The minimum atomic E-state index is -1.91. The van der Waals surface area contributed by atoms with Gasteiger partial charge >= 0.3 is 5.97 Å². The number of allylic oxidation sites excluding steroid dienone is 1. The van der Waals surface area contributed by atoms with Crippen molar-refractivity contribution in [2.24, 2.45) is 22.6 Å². The highest BCUT2D eigenvalue weighted by molar-refractivity contribution is 7.98. The smallest absolute Gasteiger partial charge is 0.305 e. The molecule has 25 nitrogen and oxygen atoms in total. The van der Waals surface area contributed by atoms with E-state index in [1.165, 1.54) is 108 Å². The summed E-state index contributed by atoms with van der Waals surface area (Å²) in [6, 6.07) is 13.9. The van der Waals surface area contributed by atoms with Gasteiger partial charge in [-0.3, -0.25) is 62.5 Å². The number of nitrogens with two attached hydrogens (primary N) is 1. The highest BCUT2D eigenvalue weighted by Crippen LogP contribution is 2.33. The van der Waals surface area contributed by atoms with Crippen molar-refractivity contribution in [3.8, 4) is 5.75 Å². The highest BCUT2D eigenvalue weighted by Gasteiger charge is 2.49. The molecule has 3 aliphatic rings. The van der Waals surface area contributed by atoms with Crippen LogP contribution in [0, 0.1) is 23.5 Å². The number of H-pyrrole nitrogens is 2. The van der Waals surface area contributed by atoms with Crippen LogP contribution in [0.1, 0.15) is 132 Å². The second kappa shape index (κ2) is 37.6. The number of aliphatic imine (C=N–C) groups is 1. The van der Waals surface area contributed by atoms with Crippen LogP contribution in [0.4, 0.5) is 8.78 Å². The molecule has 3 aliphatic heterocycles. The number of phenols is 1. The van der Waals surface area contributed by atoms with Crippen molar-refractivity contribution in [2.45, 2.75) is 170 Å². The lowest BCUT2D eigenvalue weighted by Gasteiger charge is -2.37. The fourth-order valence-electron chi connectivity index (χ4n) is 13.3. The maximum absolute atomic E-state index is 15.3. The minimum absolute atomic E-state index is 0.00651. The molecule has 0 aliphatic carbocycles. The van der Waals surface area contributed by atoms with Gasteiger partial charge in [0, 0.05) is 139 Å². The molecule has 1 saturated heterocycles. The summed E-state index contributed by atoms with van der Waals surface area (Å²) in [5, 5.41) is 37.6. The van der Waals surface area contributed by atoms with Crippen molar-refractivity contribution >= 4 is 122 Å². The summed E-state index contributed by atoms with van der Waals surface area (Å²) in [6.45, 7) is 2.71. The van der Waals surface area contributed by atoms with Gasteiger partial charge in [-0.25, -0.2) is 8.78 Å². The van der Waals surface area contributed by atoms with E-state index in [0.717, 1.165) is 11.1 Å². The molecule has 105 heavy (non-hydrogen) atoms. The number of rotatable bonds is 18. The largest absolute Gasteiger partial charge is 0.508 e. The van der Waals surface area contributed by atoms with Crippen molar-refractivity contribution in [1.29, 1.82) is 0 Å². The number of carboxylic acids is 1. The third kappa shape index (κ3) is 22.5. The molecule has 8 atom stereocenters. The van der Waals surface area contributed by atoms with E-state index in [2.05, 4.69) is 46.9 Å². The molecule has 4 aromatic carbocycles. The van der Waals surface area contributed by atoms with Crippen LogP contribution < -0.4 is 37.6 Å². The molecule has 9 rings (SSSR count). The molecule has 0 saturated carbocycles. The molecular weight excluding hydrogens is 1390 g/mol. The van der Waals surface area contributed by atoms with Gasteiger partial charge in [0.05, 0.1) is 19.0 Å². The summed E-state index contributed by atoms with van der Waals surface area (Å²) in [5.41, 5.74) is 8.75. The molecule has 2 bridgehead atoms. The number of fused-ring (bicyclic) bond motifs is 5. The Morgan fingerprint density at radius 2 is 1.34 bits per heavy atom. The van der Waals surface area contributed by atoms with Crippen LogP contribution in [0.3, 0.4) is 0 Å². The lowest BCUT2D eigenvalue weighted by molar-refractivity contribution is -0.147. The number of benzene rings is 4. The number of amides is 8. The minimum Gasteiger partial charge on any atom is -0.508 e. The Bertz CT molecular complexity index is 4280. The van der Waals surface area contributed by atoms with Gasteiger partial charge in [-0.05, 0) is 127 Å². The van der Waals surface area contributed by atoms with E-state index < -0.39 is 156 Å². The topological polar surface area (TPSA) is 391 Å². The van der Waals surface area contributed by atoms with E-state index in [4.69, 9.17) is 5.73 Å². The Morgan fingerprint density at radius 3 is 1.99 bits per heavy atom. The molecule has 0 radical (unpaired) electrons. The number of hydrogen-bond acceptors (Lipinski definition) is 16. The average molecular weight is 1480 g/mol. The number of carboxylic acid groups (broad SMARTS) is 1. The van der Waals surface area contributed by atoms with Crippen molar-refractivity contribution in [1.82, 2.24) is 46.8 Å². The summed E-state index contributed by atoms with van der Waals surface area (Å²) >= 11 is 2.80. The predicted octanol–water partition coefficient (Wildman–Crippen LogP) is 6.94. The average Bonchev–Trinajstić information content (AvgIpc) is 1.67. The predicted molar refractivity (Wildman–Crippen MR) is 393 cm³/mol. The van der Waals surface area contributed by atoms with Gasteiger partial charge in [-0.1, -0.05) is 56.2 Å². The SMILES string of the molecule is CCC(=O)CCCCC[C@@H]1NC(=O)CCSCc2cccc(c2)CSC[C@@H](C(N)=O)NC(=O)[C@]2(C)CCCN2C(=O)[C@H](Cc2ccc(O)cc2)NC(=O)[C@H](CC2=CN=CC2)CC(=O)[C@H](CC(=O)O)NC(=O)[C@H](Cc2c[nH]c3ccc(F)cc23)NC(=O)[C@H](Cc2c[nH]c3ccc(F)cc23)CC(=O)CNC1=O. The van der Waals surface area contributed by atoms with E-state index in [9.17, 15) is 48.2 Å². The van der Waals surface area contributed by atoms with Gasteiger partial charge < -0.3 is 62.7 Å². The Balaban J connectivity index is 1.05. The van der Waals surface area contributed by atoms with Crippen molar-refractivity contribution < 1.29 is 76.5 Å². The number of aromatic amines is 2. The second-order valence-corrected chi connectivity index (χ2v) is 29.3. The number of aromatic nitrogens is 2. The molecule has 2 aromatic heterocycles. The lowest BCUT2D eigenvalue weighted by atomic mass is 9.89. The molecule has 6 aromatic rings. The number of aliphatic carboxylic acids is 1. The quantitative estimate of drug-likeness (QED) is 0.0388. The molecule has 0 spiro atoms. The normalized spacial score (nSPS) is 23.0. The number of carbonyl (C=O) groups is 12. The van der Waals surface area contributed by atoms with Gasteiger partial charge in [0.15, 0.2) is 11.6 Å². The van der Waals surface area contributed by atoms with Crippen LogP contribution in [-0.4, -0.2) is 162 Å². The first-order chi connectivity index (χ1) is 50.3. The molecule has 29 heteroatoms. The summed E-state index contributed by atoms with van der Waals surface area (Å²) < 4.78 is 30.0. The van der Waals surface area contributed by atoms with Crippen molar-refractivity contribution in [3.05, 3.63) is 149 Å². The zero-order chi connectivity index (χ0) is 75.3. The summed E-state index contributed by atoms with van der Waals surface area (Å²) in [5.74, 6) is -12.3. The molecule has 1 fully saturated rings. The number of hydrogen-bond donors (Lipinski definition) is 11. The van der Waals surface area contributed by atoms with Crippen LogP contribution >= 0.6 is 23.5 Å². The van der Waals surface area contributed by atoms with Gasteiger partial charge in [-0.15, -0.1) is 0 Å². The number of ketones is 3. The molecule has 12 N–H and O–H groups in total. The molecule has 558 valence electrons. The van der Waals surface area contributed by atoms with E-state index in [1.807, 2.05) is 24.3 Å². The molecule has 5 heterocycles. The number of phenolic OH excluding ortho intramolecular Hbond substituents is 1. The fourth-order valence-corrected chi connectivity index (χ4v) is 15.2. The van der Waals surface area contributed by atoms with Gasteiger partial charge in [0.2, 0.25) is 47.3 Å². The maximum atomic E-state index is 15.3. The number of primary amides is 1. The zero-order valence-corrected chi connectivity index (χ0v) is 60.2. The summed E-state index contributed by atoms with van der Waals surface area (Å²) in [4.78, 5) is 182. The first-order valence-electron chi connectivity index (χ1n) is 35.2. The molecular formula is C76H89F2N11O14S2. The van der Waals surface area contributed by atoms with Crippen LogP contribution in [0.25, 0.3) is 21.8 Å². The standard InChI is InChI=1S/C76H89F2N11O14S2/c1-3-54(90)11-5-4-6-12-61-72(100)83-40-56(92)31-49(30-50-38-81-59-19-15-52(77)34-57(50)59)71(99)86-63(32-51-39-82-60-20-16-53(78)35-58(51)60)73(101)85-62(36-68(95)96)66(93)33-48(28-45-21-24-80-37-45)70(98)87-64(29-44-13-17-55(91)18-14-44)74(102)89-25-8-23-76(89,2)75(103)88-65(69(79)97)43-105-42-47-10-7-9-46(27-47)41-104-26-22-67(94)84-61/h7,9-10,13-20,24,27,34-35,37-39,48-49,61-65,81-82,91H,3-6,8,11-12,21-23,25-26,28-33,36,40-43H2,1-2H3,(H2,79,97)(H,83,100)(H,84,94)(H,85,101)(H,86,99)(H,87,98)(H,88,103)(H,95,96)/t48-,49-,61+,62+,63+,64+,65+,76+/m1/s1. The lowest BCUT2D eigenvalue weighted by Crippen LogP contribution is -2.62. The number of nitrogens with one attached hydrogen (secondary N) is 8. The number of nitrogens with zero attached hydrogens (tertiary/aromatic N) is 2. The van der Waals surface area contributed by atoms with E-state index >= 15 is 28.4 Å². The number of thioether (sulfide) groups is 2. The van der Waals surface area contributed by atoms with Gasteiger partial charge in [0.1, 0.15) is 52.9 Å². The van der Waals surface area contributed by atoms with Crippen molar-refractivity contribution in [2.75, 3.05) is 24.6 Å². The Hall–Kier alpha value is -10.0. The Labute approximate surface area is 614 Å². The third-order valence-corrected chi connectivity index (χ3v) is 21.4. The van der Waals surface area contributed by atoms with Gasteiger partial charge in [0.25, 0.3) is 0 Å². The first-order valence-corrected chi connectivity index (χ1v) is 37.5. The monoisotopic (exact) mass is 1480 g/mol. The Kier molecular flexibility index (Phi) is 28.3. The molecule has 8 amide bonds. The van der Waals surface area contributed by atoms with E-state index in [1.54, 1.807) is 20.1 Å². The van der Waals surface area contributed by atoms with Gasteiger partial charge in [-0.2, -0.15) is 23.5 Å². The summed E-state index contributed by atoms with van der Waals surface area (Å²) in [6.07, 6.45) is 5.73. The highest BCUT2D eigenvalue weighted by atomic mass is 32.2. The fraction of sp³-hybridized carbons (Fsp3) is 0.434. The third-order valence-electron chi connectivity index (χ3n) is 19.2.